The molecule has 1 heterocycles. The maximum absolute atomic E-state index is 12.8. The van der Waals surface area contributed by atoms with Crippen LogP contribution in [0.25, 0.3) is 0 Å². The minimum Gasteiger partial charge on any atom is -0.434 e. The molecule has 1 atom stereocenters. The molecule has 1 aromatic rings. The van der Waals surface area contributed by atoms with Gasteiger partial charge in [-0.15, -0.1) is 0 Å². The first-order chi connectivity index (χ1) is 11.5. The highest BCUT2D eigenvalue weighted by Gasteiger charge is 2.37. The number of rotatable bonds is 6. The number of likely N-dealkylation sites (tertiary alicyclic amines) is 1. The third-order valence-corrected chi connectivity index (χ3v) is 4.21. The Morgan fingerprint density at radius 2 is 1.96 bits per heavy atom. The Balaban J connectivity index is 2.24. The average molecular weight is 340 g/mol. The van der Waals surface area contributed by atoms with Gasteiger partial charge in [-0.25, -0.2) is 0 Å². The summed E-state index contributed by atoms with van der Waals surface area (Å²) < 4.78 is 29.5. The van der Waals surface area contributed by atoms with Gasteiger partial charge in [-0.2, -0.15) is 8.78 Å². The Morgan fingerprint density at radius 3 is 2.58 bits per heavy atom. The molecule has 0 aliphatic carbocycles. The second kappa shape index (κ2) is 8.08. The van der Waals surface area contributed by atoms with Gasteiger partial charge in [-0.3, -0.25) is 9.59 Å². The van der Waals surface area contributed by atoms with Crippen LogP contribution in [0.3, 0.4) is 0 Å². The second-order valence-electron chi connectivity index (χ2n) is 5.54. The SMILES string of the molecule is CCN(CC)C(=O)C1CCCN1C(=O)c1ccccc1OC(F)F. The lowest BCUT2D eigenvalue weighted by atomic mass is 10.1. The molecule has 7 heteroatoms. The van der Waals surface area contributed by atoms with Crippen LogP contribution in [-0.4, -0.2) is 53.9 Å². The summed E-state index contributed by atoms with van der Waals surface area (Å²) in [5.41, 5.74) is 0.0528. The minimum absolute atomic E-state index is 0.0528. The van der Waals surface area contributed by atoms with E-state index in [9.17, 15) is 18.4 Å². The average Bonchev–Trinajstić information content (AvgIpc) is 3.04. The maximum Gasteiger partial charge on any atom is 0.387 e. The molecule has 1 aliphatic heterocycles. The van der Waals surface area contributed by atoms with E-state index in [1.165, 1.54) is 23.1 Å². The summed E-state index contributed by atoms with van der Waals surface area (Å²) in [5.74, 6) is -0.717. The van der Waals surface area contributed by atoms with Crippen molar-refractivity contribution >= 4 is 11.8 Å². The lowest BCUT2D eigenvalue weighted by molar-refractivity contribution is -0.134. The van der Waals surface area contributed by atoms with E-state index in [0.29, 0.717) is 32.5 Å². The molecule has 0 aromatic heterocycles. The van der Waals surface area contributed by atoms with Crippen LogP contribution in [0.15, 0.2) is 24.3 Å². The summed E-state index contributed by atoms with van der Waals surface area (Å²) in [4.78, 5) is 28.5. The van der Waals surface area contributed by atoms with Crippen LogP contribution >= 0.6 is 0 Å². The monoisotopic (exact) mass is 340 g/mol. The zero-order chi connectivity index (χ0) is 17.7. The third kappa shape index (κ3) is 3.83. The number of hydrogen-bond acceptors (Lipinski definition) is 3. The van der Waals surface area contributed by atoms with Gasteiger partial charge in [0.2, 0.25) is 5.91 Å². The summed E-state index contributed by atoms with van der Waals surface area (Å²) >= 11 is 0. The van der Waals surface area contributed by atoms with Crippen LogP contribution < -0.4 is 4.74 Å². The molecule has 0 radical (unpaired) electrons. The molecule has 2 rings (SSSR count). The number of carbonyl (C=O) groups is 2. The second-order valence-corrected chi connectivity index (χ2v) is 5.54. The molecule has 0 N–H and O–H groups in total. The van der Waals surface area contributed by atoms with Crippen molar-refractivity contribution in [2.75, 3.05) is 19.6 Å². The van der Waals surface area contributed by atoms with Gasteiger partial charge in [0.1, 0.15) is 11.8 Å². The molecule has 24 heavy (non-hydrogen) atoms. The summed E-state index contributed by atoms with van der Waals surface area (Å²) in [7, 11) is 0. The molecule has 132 valence electrons. The molecule has 5 nitrogen and oxygen atoms in total. The first kappa shape index (κ1) is 18.2. The zero-order valence-corrected chi connectivity index (χ0v) is 13.9. The van der Waals surface area contributed by atoms with E-state index < -0.39 is 18.6 Å². The molecule has 0 saturated carbocycles. The normalized spacial score (nSPS) is 17.2. The molecule has 1 aromatic carbocycles. The Labute approximate surface area is 140 Å². The smallest absolute Gasteiger partial charge is 0.387 e. The number of amides is 2. The predicted molar refractivity (Wildman–Crippen MR) is 85.1 cm³/mol. The maximum atomic E-state index is 12.8. The molecule has 0 spiro atoms. The van der Waals surface area contributed by atoms with Crippen LogP contribution in [0.5, 0.6) is 5.75 Å². The lowest BCUT2D eigenvalue weighted by Crippen LogP contribution is -2.47. The van der Waals surface area contributed by atoms with Crippen molar-refractivity contribution in [3.05, 3.63) is 29.8 Å². The number of para-hydroxylation sites is 1. The van der Waals surface area contributed by atoms with Crippen LogP contribution in [0.1, 0.15) is 37.0 Å². The quantitative estimate of drug-likeness (QED) is 0.800. The zero-order valence-electron chi connectivity index (χ0n) is 13.9. The first-order valence-electron chi connectivity index (χ1n) is 8.13. The van der Waals surface area contributed by atoms with E-state index in [1.807, 2.05) is 13.8 Å². The van der Waals surface area contributed by atoms with Crippen molar-refractivity contribution in [2.45, 2.75) is 39.3 Å². The number of hydrogen-bond donors (Lipinski definition) is 0. The lowest BCUT2D eigenvalue weighted by Gasteiger charge is -2.29. The number of likely N-dealkylation sites (N-methyl/N-ethyl adjacent to an activating group) is 1. The van der Waals surface area contributed by atoms with Crippen LogP contribution in [0.2, 0.25) is 0 Å². The third-order valence-electron chi connectivity index (χ3n) is 4.21. The Morgan fingerprint density at radius 1 is 1.29 bits per heavy atom. The molecule has 1 aliphatic rings. The molecule has 2 amide bonds. The number of ether oxygens (including phenoxy) is 1. The minimum atomic E-state index is -3.01. The fourth-order valence-electron chi connectivity index (χ4n) is 3.01. The highest BCUT2D eigenvalue weighted by atomic mass is 19.3. The van der Waals surface area contributed by atoms with Crippen molar-refractivity contribution < 1.29 is 23.1 Å². The Bertz CT molecular complexity index is 591. The van der Waals surface area contributed by atoms with E-state index in [-0.39, 0.29) is 17.2 Å². The van der Waals surface area contributed by atoms with Gasteiger partial charge in [-0.1, -0.05) is 12.1 Å². The summed E-state index contributed by atoms with van der Waals surface area (Å²) in [6.45, 7) is 2.32. The standard InChI is InChI=1S/C17H22F2N2O3/c1-3-20(4-2)16(23)13-9-7-11-21(13)15(22)12-8-5-6-10-14(12)24-17(18)19/h5-6,8,10,13,17H,3-4,7,9,11H2,1-2H3. The first-order valence-corrected chi connectivity index (χ1v) is 8.13. The van der Waals surface area contributed by atoms with E-state index in [1.54, 1.807) is 11.0 Å². The topological polar surface area (TPSA) is 49.9 Å². The fourth-order valence-corrected chi connectivity index (χ4v) is 3.01. The Hall–Kier alpha value is -2.18. The summed E-state index contributed by atoms with van der Waals surface area (Å²) in [6.07, 6.45) is 1.29. The van der Waals surface area contributed by atoms with Gasteiger partial charge in [0.15, 0.2) is 0 Å². The van der Waals surface area contributed by atoms with Gasteiger partial charge in [0, 0.05) is 19.6 Å². The van der Waals surface area contributed by atoms with Gasteiger partial charge in [0.25, 0.3) is 5.91 Å². The van der Waals surface area contributed by atoms with E-state index >= 15 is 0 Å². The van der Waals surface area contributed by atoms with Crippen molar-refractivity contribution in [2.24, 2.45) is 0 Å². The number of nitrogens with zero attached hydrogens (tertiary/aromatic N) is 2. The molecule has 0 bridgehead atoms. The highest BCUT2D eigenvalue weighted by molar-refractivity contribution is 6.00. The number of alkyl halides is 2. The molecular weight excluding hydrogens is 318 g/mol. The van der Waals surface area contributed by atoms with Crippen molar-refractivity contribution in [3.63, 3.8) is 0 Å². The highest BCUT2D eigenvalue weighted by Crippen LogP contribution is 2.27. The number of benzene rings is 1. The Kier molecular flexibility index (Phi) is 6.11. The van der Waals surface area contributed by atoms with Crippen molar-refractivity contribution in [3.8, 4) is 5.75 Å². The predicted octanol–water partition coefficient (Wildman–Crippen LogP) is 2.76. The fraction of sp³-hybridized carbons (Fsp3) is 0.529. The van der Waals surface area contributed by atoms with Crippen LogP contribution in [-0.2, 0) is 4.79 Å². The van der Waals surface area contributed by atoms with Gasteiger partial charge in [0.05, 0.1) is 5.56 Å². The number of carbonyl (C=O) groups excluding carboxylic acids is 2. The molecular formula is C17H22F2N2O3. The summed E-state index contributed by atoms with van der Waals surface area (Å²) in [6, 6.07) is 5.34. The van der Waals surface area contributed by atoms with Crippen molar-refractivity contribution in [1.82, 2.24) is 9.80 Å². The molecule has 1 fully saturated rings. The largest absolute Gasteiger partial charge is 0.434 e. The van der Waals surface area contributed by atoms with Crippen LogP contribution in [0, 0.1) is 0 Å². The van der Waals surface area contributed by atoms with E-state index in [2.05, 4.69) is 4.74 Å². The van der Waals surface area contributed by atoms with Gasteiger partial charge in [-0.05, 0) is 38.8 Å². The molecule has 1 unspecified atom stereocenters. The van der Waals surface area contributed by atoms with Crippen LogP contribution in [0.4, 0.5) is 8.78 Å². The van der Waals surface area contributed by atoms with E-state index in [0.717, 1.165) is 0 Å². The van der Waals surface area contributed by atoms with E-state index in [4.69, 9.17) is 0 Å². The summed E-state index contributed by atoms with van der Waals surface area (Å²) in [5, 5.41) is 0. The van der Waals surface area contributed by atoms with Gasteiger partial charge < -0.3 is 14.5 Å². The number of halogens is 2. The molecule has 1 saturated heterocycles. The van der Waals surface area contributed by atoms with Gasteiger partial charge >= 0.3 is 6.61 Å². The van der Waals surface area contributed by atoms with Crippen molar-refractivity contribution in [1.29, 1.82) is 0 Å².